The van der Waals surface area contributed by atoms with Gasteiger partial charge < -0.3 is 0 Å². The summed E-state index contributed by atoms with van der Waals surface area (Å²) in [5.74, 6) is 0. The predicted octanol–water partition coefficient (Wildman–Crippen LogP) is 9.85. The molecule has 2 nitrogen and oxygen atoms in total. The summed E-state index contributed by atoms with van der Waals surface area (Å²) in [6, 6.07) is 22.1. The molecule has 0 radical (unpaired) electrons. The minimum atomic E-state index is 0.980. The first-order valence-electron chi connectivity index (χ1n) is 13.6. The van der Waals surface area contributed by atoms with Gasteiger partial charge in [-0.25, -0.2) is 0 Å². The van der Waals surface area contributed by atoms with E-state index >= 15 is 0 Å². The summed E-state index contributed by atoms with van der Waals surface area (Å²) in [5, 5.41) is 0. The van der Waals surface area contributed by atoms with Crippen LogP contribution >= 0.6 is 0 Å². The molecule has 0 aliphatic heterocycles. The molecule has 0 bridgehead atoms. The Kier molecular flexibility index (Phi) is 8.55. The quantitative estimate of drug-likeness (QED) is 0.159. The Morgan fingerprint density at radius 2 is 1.03 bits per heavy atom. The molecule has 0 saturated carbocycles. The Hall–Kier alpha value is -3.12. The molecule has 0 aromatic heterocycles. The zero-order valence-corrected chi connectivity index (χ0v) is 26.5. The Morgan fingerprint density at radius 1 is 0.590 bits per heavy atom. The van der Waals surface area contributed by atoms with E-state index in [2.05, 4.69) is 153 Å². The van der Waals surface area contributed by atoms with E-state index in [9.17, 15) is 0 Å². The molecule has 3 heteroatoms. The standard InChI is InChI=1S/C36H40N2.Pd/c1-21-17-27(7)35(31(19-21)33-23(3)13-11-14-24(33)4)37-29(9)30(10)38-36-28(8)18-22(2)20-32(36)34-25(5)15-12-16-26(34)6;/h11-20H,1-10H3;/q;+1. The summed E-state index contributed by atoms with van der Waals surface area (Å²) in [4.78, 5) is 5.30. The minimum absolute atomic E-state index is 0.980. The van der Waals surface area contributed by atoms with Crippen LogP contribution in [0.1, 0.15) is 58.4 Å². The molecule has 4 aromatic rings. The van der Waals surface area contributed by atoms with E-state index in [0.717, 1.165) is 17.1 Å². The number of aryl methyl sites for hydroxylation is 8. The first kappa shape index (κ1) is 28.9. The molecule has 0 saturated heterocycles. The van der Waals surface area contributed by atoms with Crippen molar-refractivity contribution in [1.82, 2.24) is 0 Å². The zero-order valence-electron chi connectivity index (χ0n) is 25.0. The fraction of sp³-hybridized carbons (Fsp3) is 0.278. The molecular weight excluding hydrogens is 567 g/mol. The van der Waals surface area contributed by atoms with Crippen LogP contribution in [0.3, 0.4) is 0 Å². The molecule has 4 aromatic carbocycles. The van der Waals surface area contributed by atoms with Crippen LogP contribution in [0.5, 0.6) is 0 Å². The molecule has 0 heterocycles. The van der Waals surface area contributed by atoms with Gasteiger partial charge in [0.05, 0.1) is 0 Å². The second-order valence-corrected chi connectivity index (χ2v) is 11.7. The van der Waals surface area contributed by atoms with Crippen molar-refractivity contribution in [2.24, 2.45) is 4.99 Å². The van der Waals surface area contributed by atoms with Gasteiger partial charge in [0, 0.05) is 0 Å². The number of nitrogens with zero attached hydrogens (tertiary/aromatic N) is 2. The second-order valence-electron chi connectivity index (χ2n) is 11.0. The van der Waals surface area contributed by atoms with Crippen LogP contribution in [-0.2, 0) is 19.4 Å². The van der Waals surface area contributed by atoms with Crippen molar-refractivity contribution in [2.75, 3.05) is 0 Å². The summed E-state index contributed by atoms with van der Waals surface area (Å²) in [7, 11) is 0. The molecule has 0 fully saturated rings. The first-order chi connectivity index (χ1) is 18.4. The second kappa shape index (κ2) is 11.6. The maximum atomic E-state index is 5.30. The van der Waals surface area contributed by atoms with Crippen LogP contribution in [0.15, 0.2) is 65.7 Å². The van der Waals surface area contributed by atoms with Gasteiger partial charge in [0.25, 0.3) is 0 Å². The Bertz CT molecular complexity index is 1610. The third-order valence-electron chi connectivity index (χ3n) is 7.65. The summed E-state index contributed by atoms with van der Waals surface area (Å²) in [6.45, 7) is 21.8. The van der Waals surface area contributed by atoms with Gasteiger partial charge in [0.1, 0.15) is 0 Å². The molecule has 0 amide bonds. The van der Waals surface area contributed by atoms with Gasteiger partial charge in [0.2, 0.25) is 0 Å². The average molecular weight is 607 g/mol. The van der Waals surface area contributed by atoms with E-state index in [1.807, 2.05) is 0 Å². The Labute approximate surface area is 246 Å². The third kappa shape index (κ3) is 5.77. The first-order valence-corrected chi connectivity index (χ1v) is 14.3. The van der Waals surface area contributed by atoms with E-state index in [-0.39, 0.29) is 0 Å². The van der Waals surface area contributed by atoms with Crippen molar-refractivity contribution in [3.05, 3.63) is 105 Å². The molecule has 0 aliphatic rings. The SMILES string of the molecule is CC(=Nc1c(C)cc(C)cc1-c1c(C)cccc1C)C(C)=[N+]([Pd])c1c(C)cc(C)cc1-c1c(C)cccc1C. The summed E-state index contributed by atoms with van der Waals surface area (Å²) in [6.07, 6.45) is 0. The van der Waals surface area contributed by atoms with Gasteiger partial charge in [-0.05, 0) is 0 Å². The van der Waals surface area contributed by atoms with Crippen molar-refractivity contribution in [1.29, 1.82) is 0 Å². The molecule has 39 heavy (non-hydrogen) atoms. The Morgan fingerprint density at radius 3 is 1.54 bits per heavy atom. The summed E-state index contributed by atoms with van der Waals surface area (Å²) >= 11 is 3.61. The van der Waals surface area contributed by atoms with Crippen molar-refractivity contribution in [2.45, 2.75) is 69.2 Å². The number of rotatable bonds is 5. The molecule has 203 valence electrons. The van der Waals surface area contributed by atoms with Gasteiger partial charge >= 0.3 is 247 Å². The van der Waals surface area contributed by atoms with Crippen LogP contribution in [0, 0.1) is 55.4 Å². The fourth-order valence-electron chi connectivity index (χ4n) is 5.72. The van der Waals surface area contributed by atoms with E-state index in [1.54, 1.807) is 0 Å². The Balaban J connectivity index is 1.95. The van der Waals surface area contributed by atoms with Crippen molar-refractivity contribution < 1.29 is 22.7 Å². The van der Waals surface area contributed by atoms with E-state index in [4.69, 9.17) is 4.99 Å². The van der Waals surface area contributed by atoms with Crippen molar-refractivity contribution in [3.8, 4) is 22.3 Å². The van der Waals surface area contributed by atoms with Crippen molar-refractivity contribution >= 4 is 22.8 Å². The molecule has 0 spiro atoms. The molecule has 0 N–H and O–H groups in total. The number of benzene rings is 4. The van der Waals surface area contributed by atoms with Gasteiger partial charge in [0.15, 0.2) is 0 Å². The van der Waals surface area contributed by atoms with E-state index in [1.165, 1.54) is 72.4 Å². The van der Waals surface area contributed by atoms with Crippen LogP contribution in [-0.4, -0.2) is 14.6 Å². The summed E-state index contributed by atoms with van der Waals surface area (Å²) in [5.41, 5.74) is 19.3. The van der Waals surface area contributed by atoms with E-state index in [0.29, 0.717) is 0 Å². The molecular formula is C36H40N2Pd+. The number of hydrogen-bond donors (Lipinski definition) is 0. The van der Waals surface area contributed by atoms with E-state index < -0.39 is 0 Å². The maximum absolute atomic E-state index is 5.30. The predicted molar refractivity (Wildman–Crippen MR) is 165 cm³/mol. The van der Waals surface area contributed by atoms with Crippen LogP contribution < -0.4 is 0 Å². The average Bonchev–Trinajstić information content (AvgIpc) is 2.84. The number of hydrogen-bond acceptors (Lipinski definition) is 1. The van der Waals surface area contributed by atoms with Crippen molar-refractivity contribution in [3.63, 3.8) is 0 Å². The molecule has 0 aliphatic carbocycles. The van der Waals surface area contributed by atoms with Gasteiger partial charge in [-0.1, -0.05) is 0 Å². The number of aliphatic imine (C=N–C) groups is 1. The molecule has 4 rings (SSSR count). The molecule has 0 unspecified atom stereocenters. The molecule has 0 atom stereocenters. The van der Waals surface area contributed by atoms with Gasteiger partial charge in [-0.3, -0.25) is 0 Å². The van der Waals surface area contributed by atoms with Crippen LogP contribution in [0.25, 0.3) is 22.3 Å². The summed E-state index contributed by atoms with van der Waals surface area (Å²) < 4.78 is 2.18. The normalized spacial score (nSPS) is 12.6. The van der Waals surface area contributed by atoms with Gasteiger partial charge in [-0.2, -0.15) is 0 Å². The van der Waals surface area contributed by atoms with Crippen LogP contribution in [0.4, 0.5) is 11.4 Å². The zero-order chi connectivity index (χ0) is 28.6. The van der Waals surface area contributed by atoms with Gasteiger partial charge in [-0.15, -0.1) is 0 Å². The monoisotopic (exact) mass is 606 g/mol. The third-order valence-corrected chi connectivity index (χ3v) is 8.52. The van der Waals surface area contributed by atoms with Crippen LogP contribution in [0.2, 0.25) is 0 Å². The fourth-order valence-corrected chi connectivity index (χ4v) is 6.43. The topological polar surface area (TPSA) is 15.4 Å².